The Morgan fingerprint density at radius 2 is 2.17 bits per heavy atom. The Balaban J connectivity index is 1.87. The highest BCUT2D eigenvalue weighted by Gasteiger charge is 2.24. The first-order valence-corrected chi connectivity index (χ1v) is 7.57. The molecule has 4 nitrogen and oxygen atoms in total. The van der Waals surface area contributed by atoms with Gasteiger partial charge in [0, 0.05) is 19.0 Å². The van der Waals surface area contributed by atoms with E-state index in [0.29, 0.717) is 11.8 Å². The molecule has 18 heavy (non-hydrogen) atoms. The molecule has 1 N–H and O–H groups in total. The summed E-state index contributed by atoms with van der Waals surface area (Å²) in [4.78, 5) is 0. The van der Waals surface area contributed by atoms with E-state index >= 15 is 0 Å². The molecule has 1 aliphatic rings. The Morgan fingerprint density at radius 1 is 1.39 bits per heavy atom. The number of hydrogen-bond acceptors (Lipinski definition) is 3. The van der Waals surface area contributed by atoms with E-state index in [2.05, 4.69) is 22.6 Å². The first kappa shape index (κ1) is 13.7. The number of rotatable bonds is 6. The van der Waals surface area contributed by atoms with E-state index in [1.165, 1.54) is 25.7 Å². The highest BCUT2D eigenvalue weighted by molar-refractivity contribution is 6.18. The van der Waals surface area contributed by atoms with Gasteiger partial charge in [-0.1, -0.05) is 25.0 Å². The molecule has 2 atom stereocenters. The number of aromatic nitrogens is 3. The van der Waals surface area contributed by atoms with Gasteiger partial charge in [0.1, 0.15) is 5.82 Å². The molecule has 0 radical (unpaired) electrons. The monoisotopic (exact) mass is 270 g/mol. The van der Waals surface area contributed by atoms with Crippen molar-refractivity contribution in [3.05, 3.63) is 6.20 Å². The molecule has 0 saturated heterocycles. The molecule has 2 rings (SSSR count). The van der Waals surface area contributed by atoms with Gasteiger partial charge in [-0.05, 0) is 31.1 Å². The van der Waals surface area contributed by atoms with Crippen LogP contribution in [0.1, 0.15) is 39.0 Å². The van der Waals surface area contributed by atoms with Crippen LogP contribution in [0.3, 0.4) is 0 Å². The largest absolute Gasteiger partial charge is 0.369 e. The molecule has 2 unspecified atom stereocenters. The van der Waals surface area contributed by atoms with Crippen LogP contribution in [-0.4, -0.2) is 27.4 Å². The molecule has 5 heteroatoms. The smallest absolute Gasteiger partial charge is 0.144 e. The minimum atomic E-state index is 0.670. The Bertz CT molecular complexity index is 353. The molecular weight excluding hydrogens is 248 g/mol. The number of hydrogen-bond donors (Lipinski definition) is 1. The lowest BCUT2D eigenvalue weighted by atomic mass is 9.80. The zero-order valence-corrected chi connectivity index (χ0v) is 11.9. The van der Waals surface area contributed by atoms with Crippen molar-refractivity contribution in [3.8, 4) is 0 Å². The lowest BCUT2D eigenvalue weighted by Crippen LogP contribution is -2.28. The van der Waals surface area contributed by atoms with Gasteiger partial charge in [-0.2, -0.15) is 0 Å². The third kappa shape index (κ3) is 3.37. The SMILES string of the molecule is CCCn1nncc1NCC1CCCCC1CCl. The summed E-state index contributed by atoms with van der Waals surface area (Å²) in [7, 11) is 0. The van der Waals surface area contributed by atoms with Crippen molar-refractivity contribution in [2.45, 2.75) is 45.6 Å². The molecule has 1 heterocycles. The van der Waals surface area contributed by atoms with Crippen molar-refractivity contribution in [1.29, 1.82) is 0 Å². The lowest BCUT2D eigenvalue weighted by Gasteiger charge is -2.30. The standard InChI is InChI=1S/C13H23ClN4/c1-2-7-18-13(10-16-17-18)15-9-12-6-4-3-5-11(12)8-14/h10-12,15H,2-9H2,1H3. The molecule has 1 aliphatic carbocycles. The van der Waals surface area contributed by atoms with Gasteiger partial charge in [-0.3, -0.25) is 0 Å². The number of nitrogens with one attached hydrogen (secondary N) is 1. The van der Waals surface area contributed by atoms with Crippen molar-refractivity contribution in [2.75, 3.05) is 17.7 Å². The van der Waals surface area contributed by atoms with Crippen LogP contribution < -0.4 is 5.32 Å². The highest BCUT2D eigenvalue weighted by atomic mass is 35.5. The van der Waals surface area contributed by atoms with E-state index in [1.54, 1.807) is 0 Å². The maximum atomic E-state index is 6.06. The molecule has 1 aromatic heterocycles. The summed E-state index contributed by atoms with van der Waals surface area (Å²) < 4.78 is 1.94. The van der Waals surface area contributed by atoms with Gasteiger partial charge in [0.2, 0.25) is 0 Å². The zero-order valence-electron chi connectivity index (χ0n) is 11.1. The maximum Gasteiger partial charge on any atom is 0.144 e. The predicted octanol–water partition coefficient (Wildman–Crippen LogP) is 3.15. The zero-order chi connectivity index (χ0) is 12.8. The van der Waals surface area contributed by atoms with Crippen LogP contribution in [-0.2, 0) is 6.54 Å². The normalized spacial score (nSPS) is 24.1. The molecule has 0 spiro atoms. The molecule has 0 amide bonds. The van der Waals surface area contributed by atoms with Gasteiger partial charge in [-0.25, -0.2) is 4.68 Å². The topological polar surface area (TPSA) is 42.7 Å². The van der Waals surface area contributed by atoms with E-state index in [0.717, 1.165) is 31.2 Å². The molecule has 0 bridgehead atoms. The molecular formula is C13H23ClN4. The third-order valence-corrected chi connectivity index (χ3v) is 4.26. The van der Waals surface area contributed by atoms with Crippen molar-refractivity contribution in [1.82, 2.24) is 15.0 Å². The van der Waals surface area contributed by atoms with Crippen LogP contribution in [0.2, 0.25) is 0 Å². The average molecular weight is 271 g/mol. The molecule has 0 aromatic carbocycles. The van der Waals surface area contributed by atoms with Crippen LogP contribution >= 0.6 is 11.6 Å². The minimum Gasteiger partial charge on any atom is -0.369 e. The summed E-state index contributed by atoms with van der Waals surface area (Å²) in [5.41, 5.74) is 0. The first-order chi connectivity index (χ1) is 8.85. The lowest BCUT2D eigenvalue weighted by molar-refractivity contribution is 0.271. The highest BCUT2D eigenvalue weighted by Crippen LogP contribution is 2.31. The first-order valence-electron chi connectivity index (χ1n) is 7.03. The van der Waals surface area contributed by atoms with E-state index in [9.17, 15) is 0 Å². The summed E-state index contributed by atoms with van der Waals surface area (Å²) in [5.74, 6) is 3.19. The van der Waals surface area contributed by atoms with E-state index in [1.807, 2.05) is 10.9 Å². The number of alkyl halides is 1. The number of halogens is 1. The van der Waals surface area contributed by atoms with Crippen molar-refractivity contribution < 1.29 is 0 Å². The number of nitrogens with zero attached hydrogens (tertiary/aromatic N) is 3. The second-order valence-electron chi connectivity index (χ2n) is 5.18. The van der Waals surface area contributed by atoms with E-state index in [-0.39, 0.29) is 0 Å². The number of aryl methyl sites for hydroxylation is 1. The fourth-order valence-electron chi connectivity index (χ4n) is 2.76. The Hall–Kier alpha value is -0.770. The summed E-state index contributed by atoms with van der Waals surface area (Å²) in [6.45, 7) is 4.07. The third-order valence-electron chi connectivity index (χ3n) is 3.86. The molecule has 1 fully saturated rings. The van der Waals surface area contributed by atoms with Gasteiger partial charge >= 0.3 is 0 Å². The van der Waals surface area contributed by atoms with Crippen LogP contribution in [0.25, 0.3) is 0 Å². The Labute approximate surface area is 114 Å². The predicted molar refractivity (Wildman–Crippen MR) is 75.0 cm³/mol. The molecule has 1 saturated carbocycles. The van der Waals surface area contributed by atoms with Crippen LogP contribution in [0.5, 0.6) is 0 Å². The quantitative estimate of drug-likeness (QED) is 0.808. The Kier molecular flexibility index (Phi) is 5.29. The van der Waals surface area contributed by atoms with Crippen LogP contribution in [0.15, 0.2) is 6.20 Å². The van der Waals surface area contributed by atoms with Crippen molar-refractivity contribution in [3.63, 3.8) is 0 Å². The fraction of sp³-hybridized carbons (Fsp3) is 0.846. The van der Waals surface area contributed by atoms with Crippen molar-refractivity contribution >= 4 is 17.4 Å². The maximum absolute atomic E-state index is 6.06. The molecule has 102 valence electrons. The second kappa shape index (κ2) is 6.98. The summed E-state index contributed by atoms with van der Waals surface area (Å²) >= 11 is 6.06. The summed E-state index contributed by atoms with van der Waals surface area (Å²) in [5, 5.41) is 11.5. The van der Waals surface area contributed by atoms with Gasteiger partial charge in [-0.15, -0.1) is 16.7 Å². The van der Waals surface area contributed by atoms with Gasteiger partial charge in [0.05, 0.1) is 6.20 Å². The van der Waals surface area contributed by atoms with E-state index < -0.39 is 0 Å². The van der Waals surface area contributed by atoms with Gasteiger partial charge in [0.25, 0.3) is 0 Å². The van der Waals surface area contributed by atoms with Crippen molar-refractivity contribution in [2.24, 2.45) is 11.8 Å². The summed E-state index contributed by atoms with van der Waals surface area (Å²) in [6, 6.07) is 0. The minimum absolute atomic E-state index is 0.670. The fourth-order valence-corrected chi connectivity index (χ4v) is 3.17. The van der Waals surface area contributed by atoms with Gasteiger partial charge in [0.15, 0.2) is 0 Å². The Morgan fingerprint density at radius 3 is 2.89 bits per heavy atom. The molecule has 1 aromatic rings. The van der Waals surface area contributed by atoms with Crippen LogP contribution in [0.4, 0.5) is 5.82 Å². The van der Waals surface area contributed by atoms with E-state index in [4.69, 9.17) is 11.6 Å². The van der Waals surface area contributed by atoms with Gasteiger partial charge < -0.3 is 5.32 Å². The summed E-state index contributed by atoms with van der Waals surface area (Å²) in [6.07, 6.45) is 8.14. The second-order valence-corrected chi connectivity index (χ2v) is 5.49. The number of anilines is 1. The van der Waals surface area contributed by atoms with Crippen LogP contribution in [0, 0.1) is 11.8 Å². The molecule has 0 aliphatic heterocycles. The average Bonchev–Trinajstić information content (AvgIpc) is 2.84.